The predicted octanol–water partition coefficient (Wildman–Crippen LogP) is 1.82. The lowest BCUT2D eigenvalue weighted by molar-refractivity contribution is 0.0775. The van der Waals surface area contributed by atoms with E-state index in [0.717, 1.165) is 17.8 Å². The number of amides is 1. The highest BCUT2D eigenvalue weighted by molar-refractivity contribution is 5.92. The first-order chi connectivity index (χ1) is 12.0. The van der Waals surface area contributed by atoms with Crippen molar-refractivity contribution in [3.05, 3.63) is 57.9 Å². The highest BCUT2D eigenvalue weighted by Crippen LogP contribution is 2.24. The second-order valence-electron chi connectivity index (χ2n) is 6.50. The smallest absolute Gasteiger partial charge is 0.289 e. The number of likely N-dealkylation sites (tertiary alicyclic amines) is 1. The number of H-pyrrole nitrogens is 1. The number of aromatic amines is 1. The van der Waals surface area contributed by atoms with Crippen LogP contribution in [0, 0.1) is 13.8 Å². The molecule has 0 saturated carbocycles. The number of hydrogen-bond acceptors (Lipinski definition) is 4. The first-order valence-electron chi connectivity index (χ1n) is 8.34. The summed E-state index contributed by atoms with van der Waals surface area (Å²) in [7, 11) is 0. The second-order valence-corrected chi connectivity index (χ2v) is 6.50. The van der Waals surface area contributed by atoms with Crippen molar-refractivity contribution < 1.29 is 4.79 Å². The van der Waals surface area contributed by atoms with Crippen molar-refractivity contribution in [1.82, 2.24) is 24.6 Å². The van der Waals surface area contributed by atoms with E-state index in [2.05, 4.69) is 15.1 Å². The summed E-state index contributed by atoms with van der Waals surface area (Å²) in [6.07, 6.45) is 0.839. The van der Waals surface area contributed by atoms with Crippen molar-refractivity contribution in [2.24, 2.45) is 0 Å². The van der Waals surface area contributed by atoms with Gasteiger partial charge in [0.1, 0.15) is 0 Å². The number of nitrogens with one attached hydrogen (secondary N) is 1. The molecule has 1 N–H and O–H groups in total. The van der Waals surface area contributed by atoms with Crippen LogP contribution in [-0.4, -0.2) is 43.6 Å². The first kappa shape index (κ1) is 15.6. The molecule has 0 radical (unpaired) electrons. The van der Waals surface area contributed by atoms with Gasteiger partial charge in [0.05, 0.1) is 22.6 Å². The van der Waals surface area contributed by atoms with E-state index in [1.54, 1.807) is 29.2 Å². The number of aryl methyl sites for hydroxylation is 2. The van der Waals surface area contributed by atoms with Crippen LogP contribution in [0.15, 0.2) is 35.1 Å². The highest BCUT2D eigenvalue weighted by Gasteiger charge is 2.30. The molecule has 0 aliphatic carbocycles. The van der Waals surface area contributed by atoms with Crippen LogP contribution in [0.25, 0.3) is 10.9 Å². The number of carbonyl (C=O) groups excluding carboxylic acids is 1. The Morgan fingerprint density at radius 1 is 1.28 bits per heavy atom. The Hall–Kier alpha value is -2.96. The number of carbonyl (C=O) groups is 1. The molecule has 2 aromatic heterocycles. The molecule has 25 heavy (non-hydrogen) atoms. The van der Waals surface area contributed by atoms with Gasteiger partial charge in [0.2, 0.25) is 0 Å². The molecule has 1 saturated heterocycles. The maximum Gasteiger partial charge on any atom is 0.289 e. The average Bonchev–Trinajstić information content (AvgIpc) is 3.20. The van der Waals surface area contributed by atoms with Crippen molar-refractivity contribution in [3.8, 4) is 0 Å². The minimum absolute atomic E-state index is 0.0951. The molecule has 3 heterocycles. The van der Waals surface area contributed by atoms with E-state index in [1.165, 1.54) is 0 Å². The monoisotopic (exact) mass is 337 g/mol. The lowest BCUT2D eigenvalue weighted by Gasteiger charge is -2.17. The van der Waals surface area contributed by atoms with Crippen molar-refractivity contribution in [3.63, 3.8) is 0 Å². The summed E-state index contributed by atoms with van der Waals surface area (Å²) in [5.41, 5.74) is 2.31. The van der Waals surface area contributed by atoms with Gasteiger partial charge in [-0.05, 0) is 38.5 Å². The van der Waals surface area contributed by atoms with Gasteiger partial charge in [0.15, 0.2) is 5.82 Å². The zero-order valence-electron chi connectivity index (χ0n) is 14.2. The summed E-state index contributed by atoms with van der Waals surface area (Å²) in [6.45, 7) is 5.17. The fourth-order valence-electron chi connectivity index (χ4n) is 3.48. The number of hydrogen-bond donors (Lipinski definition) is 1. The van der Waals surface area contributed by atoms with Crippen molar-refractivity contribution in [2.75, 3.05) is 13.1 Å². The van der Waals surface area contributed by atoms with E-state index in [1.807, 2.05) is 24.6 Å². The van der Waals surface area contributed by atoms with E-state index in [-0.39, 0.29) is 23.3 Å². The van der Waals surface area contributed by atoms with E-state index in [9.17, 15) is 9.59 Å². The van der Waals surface area contributed by atoms with Gasteiger partial charge in [-0.3, -0.25) is 14.3 Å². The fourth-order valence-corrected chi connectivity index (χ4v) is 3.48. The van der Waals surface area contributed by atoms with Gasteiger partial charge in [0, 0.05) is 18.8 Å². The number of aromatic nitrogens is 4. The minimum atomic E-state index is -0.289. The van der Waals surface area contributed by atoms with Gasteiger partial charge in [-0.2, -0.15) is 5.10 Å². The van der Waals surface area contributed by atoms with Gasteiger partial charge in [-0.25, -0.2) is 4.98 Å². The summed E-state index contributed by atoms with van der Waals surface area (Å²) < 4.78 is 1.99. The third kappa shape index (κ3) is 2.71. The van der Waals surface area contributed by atoms with E-state index in [4.69, 9.17) is 0 Å². The fraction of sp³-hybridized carbons (Fsp3) is 0.333. The molecule has 7 heteroatoms. The molecule has 3 aromatic rings. The van der Waals surface area contributed by atoms with Gasteiger partial charge < -0.3 is 9.88 Å². The van der Waals surface area contributed by atoms with Crippen LogP contribution in [0.1, 0.15) is 34.5 Å². The minimum Gasteiger partial charge on any atom is -0.334 e. The van der Waals surface area contributed by atoms with Crippen LogP contribution >= 0.6 is 0 Å². The number of rotatable bonds is 2. The third-order valence-electron chi connectivity index (χ3n) is 4.66. The summed E-state index contributed by atoms with van der Waals surface area (Å²) >= 11 is 0. The van der Waals surface area contributed by atoms with Crippen LogP contribution in [0.2, 0.25) is 0 Å². The van der Waals surface area contributed by atoms with Crippen LogP contribution in [0.4, 0.5) is 0 Å². The Labute approximate surface area is 144 Å². The van der Waals surface area contributed by atoms with Crippen molar-refractivity contribution in [2.45, 2.75) is 26.3 Å². The van der Waals surface area contributed by atoms with E-state index in [0.29, 0.717) is 24.0 Å². The number of benzene rings is 1. The summed E-state index contributed by atoms with van der Waals surface area (Å²) in [4.78, 5) is 33.6. The number of fused-ring (bicyclic) bond motifs is 1. The molecule has 128 valence electrons. The van der Waals surface area contributed by atoms with Crippen molar-refractivity contribution in [1.29, 1.82) is 0 Å². The summed E-state index contributed by atoms with van der Waals surface area (Å²) in [5, 5.41) is 5.01. The van der Waals surface area contributed by atoms with E-state index >= 15 is 0 Å². The number of para-hydroxylation sites is 1. The van der Waals surface area contributed by atoms with Gasteiger partial charge >= 0.3 is 0 Å². The molecule has 1 fully saturated rings. The lowest BCUT2D eigenvalue weighted by Crippen LogP contribution is -2.32. The molecule has 0 spiro atoms. The normalized spacial score (nSPS) is 17.4. The standard InChI is InChI=1S/C18H19N5O2/c1-11-9-12(2)23(21-11)13-7-8-22(10-13)18(25)16-19-15-6-4-3-5-14(15)17(24)20-16/h3-6,9,13H,7-8,10H2,1-2H3,(H,19,20,24)/t13-/m1/s1. The van der Waals surface area contributed by atoms with Crippen molar-refractivity contribution >= 4 is 16.8 Å². The maximum absolute atomic E-state index is 12.8. The molecule has 1 atom stereocenters. The average molecular weight is 337 g/mol. The molecule has 0 unspecified atom stereocenters. The third-order valence-corrected chi connectivity index (χ3v) is 4.66. The largest absolute Gasteiger partial charge is 0.334 e. The maximum atomic E-state index is 12.8. The Morgan fingerprint density at radius 2 is 2.08 bits per heavy atom. The SMILES string of the molecule is Cc1cc(C)n([C@@H]2CCN(C(=O)c3nc4ccccc4c(=O)[nH]3)C2)n1. The molecule has 1 aliphatic rings. The zero-order valence-corrected chi connectivity index (χ0v) is 14.2. The summed E-state index contributed by atoms with van der Waals surface area (Å²) in [5.74, 6) is -0.149. The summed E-state index contributed by atoms with van der Waals surface area (Å²) in [6, 6.07) is 9.21. The Kier molecular flexibility index (Phi) is 3.63. The van der Waals surface area contributed by atoms with Crippen LogP contribution < -0.4 is 5.56 Å². The molecule has 0 bridgehead atoms. The van der Waals surface area contributed by atoms with Gasteiger partial charge in [0.25, 0.3) is 11.5 Å². The predicted molar refractivity (Wildman–Crippen MR) is 93.6 cm³/mol. The highest BCUT2D eigenvalue weighted by atomic mass is 16.2. The molecular weight excluding hydrogens is 318 g/mol. The van der Waals surface area contributed by atoms with E-state index < -0.39 is 0 Å². The Balaban J connectivity index is 1.60. The quantitative estimate of drug-likeness (QED) is 0.773. The lowest BCUT2D eigenvalue weighted by atomic mass is 10.2. The van der Waals surface area contributed by atoms with Gasteiger partial charge in [-0.1, -0.05) is 12.1 Å². The molecule has 1 aliphatic heterocycles. The topological polar surface area (TPSA) is 83.9 Å². The molecule has 4 rings (SSSR count). The molecule has 7 nitrogen and oxygen atoms in total. The molecule has 1 amide bonds. The van der Waals surface area contributed by atoms with Crippen LogP contribution in [0.5, 0.6) is 0 Å². The van der Waals surface area contributed by atoms with Gasteiger partial charge in [-0.15, -0.1) is 0 Å². The Morgan fingerprint density at radius 3 is 2.84 bits per heavy atom. The Bertz CT molecular complexity index is 1020. The number of nitrogens with zero attached hydrogens (tertiary/aromatic N) is 4. The van der Waals surface area contributed by atoms with Crippen LogP contribution in [0.3, 0.4) is 0 Å². The first-order valence-corrected chi connectivity index (χ1v) is 8.34. The zero-order chi connectivity index (χ0) is 17.6. The molecule has 1 aromatic carbocycles. The second kappa shape index (κ2) is 5.84. The van der Waals surface area contributed by atoms with Crippen LogP contribution in [-0.2, 0) is 0 Å². The molecular formula is C18H19N5O2.